The Morgan fingerprint density at radius 1 is 1.09 bits per heavy atom. The second-order valence-electron chi connectivity index (χ2n) is 5.80. The highest BCUT2D eigenvalue weighted by molar-refractivity contribution is 5.78. The summed E-state index contributed by atoms with van der Waals surface area (Å²) in [5.41, 5.74) is 2.80. The molecule has 0 bridgehead atoms. The van der Waals surface area contributed by atoms with Gasteiger partial charge in [0.25, 0.3) is 0 Å². The molecule has 0 fully saturated rings. The van der Waals surface area contributed by atoms with E-state index < -0.39 is 5.79 Å². The van der Waals surface area contributed by atoms with Crippen LogP contribution in [0.25, 0.3) is 11.0 Å². The van der Waals surface area contributed by atoms with Gasteiger partial charge in [-0.3, -0.25) is 0 Å². The number of ether oxygens (including phenoxy) is 2. The zero-order valence-corrected chi connectivity index (χ0v) is 12.6. The number of nitrogens with one attached hydrogen (secondary N) is 1. The molecule has 0 saturated heterocycles. The van der Waals surface area contributed by atoms with Crippen LogP contribution >= 0.6 is 0 Å². The Balaban J connectivity index is 1.64. The topological polar surface area (TPSA) is 61.2 Å². The fourth-order valence-electron chi connectivity index (χ4n) is 2.55. The number of fused-ring (bicyclic) bond motifs is 2. The molecule has 0 aliphatic carbocycles. The molecule has 4 rings (SSSR count). The summed E-state index contributed by atoms with van der Waals surface area (Å²) < 4.78 is 13.4. The Morgan fingerprint density at radius 2 is 1.91 bits per heavy atom. The third kappa shape index (κ3) is 2.13. The highest BCUT2D eigenvalue weighted by Crippen LogP contribution is 2.41. The van der Waals surface area contributed by atoms with Crippen molar-refractivity contribution in [3.05, 3.63) is 36.8 Å². The number of benzene rings is 1. The van der Waals surface area contributed by atoms with E-state index in [1.807, 2.05) is 49.7 Å². The molecule has 1 aliphatic heterocycles. The first-order valence-electron chi connectivity index (χ1n) is 7.06. The van der Waals surface area contributed by atoms with Crippen molar-refractivity contribution in [3.8, 4) is 11.5 Å². The molecule has 6 nitrogen and oxygen atoms in total. The summed E-state index contributed by atoms with van der Waals surface area (Å²) in [4.78, 5) is 8.64. The third-order valence-corrected chi connectivity index (χ3v) is 3.54. The predicted molar refractivity (Wildman–Crippen MR) is 83.6 cm³/mol. The van der Waals surface area contributed by atoms with E-state index in [0.717, 1.165) is 34.0 Å². The first-order chi connectivity index (χ1) is 10.5. The van der Waals surface area contributed by atoms with E-state index in [-0.39, 0.29) is 0 Å². The van der Waals surface area contributed by atoms with Crippen molar-refractivity contribution >= 4 is 22.5 Å². The van der Waals surface area contributed by atoms with Gasteiger partial charge in [0.1, 0.15) is 11.3 Å². The lowest BCUT2D eigenvalue weighted by Crippen LogP contribution is -2.29. The molecule has 1 aromatic carbocycles. The van der Waals surface area contributed by atoms with Gasteiger partial charge < -0.3 is 19.4 Å². The Hall–Kier alpha value is -2.76. The Labute approximate surface area is 127 Å². The van der Waals surface area contributed by atoms with E-state index in [1.54, 1.807) is 12.5 Å². The van der Waals surface area contributed by atoms with Gasteiger partial charge in [0.15, 0.2) is 11.5 Å². The molecule has 0 amide bonds. The minimum Gasteiger partial charge on any atom is -0.449 e. The van der Waals surface area contributed by atoms with Crippen molar-refractivity contribution < 1.29 is 9.47 Å². The number of aromatic nitrogens is 3. The molecule has 3 heterocycles. The number of hydrogen-bond donors (Lipinski definition) is 1. The van der Waals surface area contributed by atoms with Gasteiger partial charge in [0.05, 0.1) is 18.0 Å². The van der Waals surface area contributed by atoms with Crippen LogP contribution in [0.1, 0.15) is 13.8 Å². The maximum atomic E-state index is 5.75. The van der Waals surface area contributed by atoms with Gasteiger partial charge >= 0.3 is 0 Å². The summed E-state index contributed by atoms with van der Waals surface area (Å²) >= 11 is 0. The number of hydrogen-bond acceptors (Lipinski definition) is 5. The van der Waals surface area contributed by atoms with E-state index >= 15 is 0 Å². The summed E-state index contributed by atoms with van der Waals surface area (Å²) in [6, 6.07) is 7.73. The highest BCUT2D eigenvalue weighted by Gasteiger charge is 2.31. The number of rotatable bonds is 2. The van der Waals surface area contributed by atoms with Crippen LogP contribution in [-0.4, -0.2) is 20.3 Å². The van der Waals surface area contributed by atoms with Crippen molar-refractivity contribution in [2.45, 2.75) is 19.6 Å². The SMILES string of the molecule is Cn1cnc2cnc(Nc3ccc4c(c3)OC(C)(C)O4)cc21. The van der Waals surface area contributed by atoms with Crippen LogP contribution < -0.4 is 14.8 Å². The van der Waals surface area contributed by atoms with Gasteiger partial charge in [-0.25, -0.2) is 9.97 Å². The quantitative estimate of drug-likeness (QED) is 0.786. The lowest BCUT2D eigenvalue weighted by molar-refractivity contribution is -0.0431. The Kier molecular flexibility index (Phi) is 2.57. The predicted octanol–water partition coefficient (Wildman–Crippen LogP) is 3.22. The second kappa shape index (κ2) is 4.37. The molecule has 0 spiro atoms. The zero-order chi connectivity index (χ0) is 15.3. The Morgan fingerprint density at radius 3 is 2.77 bits per heavy atom. The molecule has 0 atom stereocenters. The molecule has 0 saturated carbocycles. The van der Waals surface area contributed by atoms with Crippen LogP contribution in [0.5, 0.6) is 11.5 Å². The van der Waals surface area contributed by atoms with E-state index in [9.17, 15) is 0 Å². The largest absolute Gasteiger partial charge is 0.449 e. The van der Waals surface area contributed by atoms with Crippen LogP contribution in [0.3, 0.4) is 0 Å². The number of aryl methyl sites for hydroxylation is 1. The molecule has 6 heteroatoms. The normalized spacial score (nSPS) is 15.2. The van der Waals surface area contributed by atoms with Crippen molar-refractivity contribution in [2.24, 2.45) is 7.05 Å². The highest BCUT2D eigenvalue weighted by atomic mass is 16.7. The molecular weight excluding hydrogens is 280 g/mol. The molecule has 1 aliphatic rings. The van der Waals surface area contributed by atoms with Crippen LogP contribution in [0.4, 0.5) is 11.5 Å². The zero-order valence-electron chi connectivity index (χ0n) is 12.6. The maximum Gasteiger partial charge on any atom is 0.246 e. The first kappa shape index (κ1) is 12.9. The van der Waals surface area contributed by atoms with Crippen molar-refractivity contribution in [1.29, 1.82) is 0 Å². The fraction of sp³-hybridized carbons (Fsp3) is 0.250. The number of imidazole rings is 1. The molecule has 3 aromatic rings. The number of pyridine rings is 1. The van der Waals surface area contributed by atoms with Gasteiger partial charge in [-0.15, -0.1) is 0 Å². The van der Waals surface area contributed by atoms with Crippen LogP contribution in [0.15, 0.2) is 36.8 Å². The van der Waals surface area contributed by atoms with Crippen LogP contribution in [-0.2, 0) is 7.05 Å². The van der Waals surface area contributed by atoms with E-state index in [4.69, 9.17) is 9.47 Å². The average molecular weight is 296 g/mol. The summed E-state index contributed by atoms with van der Waals surface area (Å²) in [6.45, 7) is 3.77. The third-order valence-electron chi connectivity index (χ3n) is 3.54. The molecule has 2 aromatic heterocycles. The monoisotopic (exact) mass is 296 g/mol. The van der Waals surface area contributed by atoms with Crippen molar-refractivity contribution in [3.63, 3.8) is 0 Å². The van der Waals surface area contributed by atoms with Gasteiger partial charge in [-0.1, -0.05) is 0 Å². The van der Waals surface area contributed by atoms with Crippen LogP contribution in [0.2, 0.25) is 0 Å². The van der Waals surface area contributed by atoms with Gasteiger partial charge in [-0.05, 0) is 12.1 Å². The minimum atomic E-state index is -0.618. The Bertz CT molecular complexity index is 870. The minimum absolute atomic E-state index is 0.618. The van der Waals surface area contributed by atoms with E-state index in [1.165, 1.54) is 0 Å². The standard InChI is InChI=1S/C16H16N4O2/c1-16(2)21-13-5-4-10(6-14(13)22-16)19-15-7-12-11(8-17-15)18-9-20(12)3/h4-9H,1-3H3,(H,17,19). The number of anilines is 2. The summed E-state index contributed by atoms with van der Waals surface area (Å²) in [6.07, 6.45) is 3.53. The smallest absolute Gasteiger partial charge is 0.246 e. The molecule has 112 valence electrons. The summed E-state index contributed by atoms with van der Waals surface area (Å²) in [7, 11) is 1.96. The average Bonchev–Trinajstić information content (AvgIpc) is 2.97. The van der Waals surface area contributed by atoms with E-state index in [0.29, 0.717) is 0 Å². The van der Waals surface area contributed by atoms with Crippen LogP contribution in [0, 0.1) is 0 Å². The lowest BCUT2D eigenvalue weighted by atomic mass is 10.2. The summed E-state index contributed by atoms with van der Waals surface area (Å²) in [5.74, 6) is 1.63. The molecule has 0 unspecified atom stereocenters. The van der Waals surface area contributed by atoms with Gasteiger partial charge in [-0.2, -0.15) is 0 Å². The molecule has 22 heavy (non-hydrogen) atoms. The van der Waals surface area contributed by atoms with Crippen molar-refractivity contribution in [1.82, 2.24) is 14.5 Å². The van der Waals surface area contributed by atoms with E-state index in [2.05, 4.69) is 15.3 Å². The molecular formula is C16H16N4O2. The van der Waals surface area contributed by atoms with Gasteiger partial charge in [0.2, 0.25) is 5.79 Å². The maximum absolute atomic E-state index is 5.75. The van der Waals surface area contributed by atoms with Gasteiger partial charge in [0, 0.05) is 38.7 Å². The first-order valence-corrected chi connectivity index (χ1v) is 7.06. The summed E-state index contributed by atoms with van der Waals surface area (Å²) in [5, 5.41) is 3.28. The fourth-order valence-corrected chi connectivity index (χ4v) is 2.55. The molecule has 1 N–H and O–H groups in total. The lowest BCUT2D eigenvalue weighted by Gasteiger charge is -2.16. The second-order valence-corrected chi connectivity index (χ2v) is 5.80. The molecule has 0 radical (unpaired) electrons. The number of nitrogens with zero attached hydrogens (tertiary/aromatic N) is 3. The van der Waals surface area contributed by atoms with Crippen molar-refractivity contribution in [2.75, 3.05) is 5.32 Å².